The van der Waals surface area contributed by atoms with Gasteiger partial charge in [-0.25, -0.2) is 0 Å². The van der Waals surface area contributed by atoms with Crippen LogP contribution in [0.1, 0.15) is 128 Å². The predicted molar refractivity (Wildman–Crippen MR) is 173 cm³/mol. The number of unbranched alkanes of at least 4 members (excludes halogenated alkanes) is 15. The molecule has 0 saturated heterocycles. The molecule has 0 bridgehead atoms. The van der Waals surface area contributed by atoms with E-state index in [4.69, 9.17) is 15.2 Å². The number of hydrogen-bond acceptors (Lipinski definition) is 5. The lowest BCUT2D eigenvalue weighted by atomic mass is 10.0. The van der Waals surface area contributed by atoms with Crippen molar-refractivity contribution < 1.29 is 28.2 Å². The number of anilines is 1. The van der Waals surface area contributed by atoms with Gasteiger partial charge in [-0.2, -0.15) is 0 Å². The maximum Gasteiger partial charge on any atom is 0.265 e. The van der Waals surface area contributed by atoms with Crippen molar-refractivity contribution in [2.24, 2.45) is 5.73 Å². The number of benzene rings is 1. The topological polar surface area (TPSA) is 125 Å². The highest BCUT2D eigenvalue weighted by Gasteiger charge is 2.22. The Morgan fingerprint density at radius 3 is 1.71 bits per heavy atom. The smallest absolute Gasteiger partial charge is 0.265 e. The lowest BCUT2D eigenvalue weighted by Gasteiger charge is -2.31. The Labute approximate surface area is 257 Å². The number of phosphoric ester groups is 1. The molecule has 4 N–H and O–H groups in total. The summed E-state index contributed by atoms with van der Waals surface area (Å²) in [6.45, 7) is 1.10. The fraction of sp³-hybridized carbons (Fsp3) is 0.788. The quantitative estimate of drug-likeness (QED) is 0.0554. The molecular formula is C33H62N3O5P. The van der Waals surface area contributed by atoms with Crippen LogP contribution in [0.5, 0.6) is 0 Å². The highest BCUT2D eigenvalue weighted by Crippen LogP contribution is 2.34. The summed E-state index contributed by atoms with van der Waals surface area (Å²) in [5.41, 5.74) is 7.65. The molecule has 0 spiro atoms. The highest BCUT2D eigenvalue weighted by molar-refractivity contribution is 7.44. The van der Waals surface area contributed by atoms with Gasteiger partial charge in [-0.05, 0) is 49.9 Å². The third-order valence-electron chi connectivity index (χ3n) is 7.62. The molecule has 9 heteroatoms. The maximum absolute atomic E-state index is 11.8. The Morgan fingerprint density at radius 1 is 0.833 bits per heavy atom. The molecule has 8 nitrogen and oxygen atoms in total. The molecule has 0 radical (unpaired) electrons. The van der Waals surface area contributed by atoms with Crippen LogP contribution in [-0.4, -0.2) is 55.6 Å². The number of amides is 1. The molecule has 1 aromatic carbocycles. The van der Waals surface area contributed by atoms with Crippen LogP contribution in [0.4, 0.5) is 5.69 Å². The fourth-order valence-electron chi connectivity index (χ4n) is 5.39. The highest BCUT2D eigenvalue weighted by atomic mass is 31.2. The standard InChI is InChI=1S/C33H62N3O5P/c1-36(2,3)29-32(41-42(38,39)40)22-19-17-15-13-11-9-7-5-4-6-8-10-12-14-16-18-21-30-24-26-31(27-25-30)35-33(37)23-20-28-34/h24-27,32H,4-23,28-29,34H2,1-3H3,(H2-,35,37,38,39,40). The summed E-state index contributed by atoms with van der Waals surface area (Å²) < 4.78 is 16.6. The van der Waals surface area contributed by atoms with Crippen molar-refractivity contribution in [3.63, 3.8) is 0 Å². The van der Waals surface area contributed by atoms with E-state index < -0.39 is 13.9 Å². The number of hydrogen-bond donors (Lipinski definition) is 3. The number of nitrogens with zero attached hydrogens (tertiary/aromatic N) is 1. The molecule has 0 saturated carbocycles. The summed E-state index contributed by atoms with van der Waals surface area (Å²) in [7, 11) is 1.29. The molecule has 0 aliphatic heterocycles. The van der Waals surface area contributed by atoms with Crippen molar-refractivity contribution in [3.05, 3.63) is 29.8 Å². The van der Waals surface area contributed by atoms with Crippen LogP contribution >= 0.6 is 7.82 Å². The summed E-state index contributed by atoms with van der Waals surface area (Å²) in [6.07, 6.45) is 22.8. The van der Waals surface area contributed by atoms with E-state index in [-0.39, 0.29) is 5.91 Å². The number of likely N-dealkylation sites (N-methyl/N-ethyl adjacent to an activating group) is 1. The first-order valence-electron chi connectivity index (χ1n) is 16.6. The zero-order chi connectivity index (χ0) is 31.1. The summed E-state index contributed by atoms with van der Waals surface area (Å²) >= 11 is 0. The minimum Gasteiger partial charge on any atom is -0.756 e. The zero-order valence-corrected chi connectivity index (χ0v) is 27.9. The number of rotatable bonds is 27. The predicted octanol–water partition coefficient (Wildman–Crippen LogP) is 7.09. The van der Waals surface area contributed by atoms with E-state index in [0.29, 0.717) is 30.4 Å². The van der Waals surface area contributed by atoms with Gasteiger partial charge >= 0.3 is 0 Å². The number of carbonyl (C=O) groups is 1. The van der Waals surface area contributed by atoms with E-state index in [0.717, 1.165) is 31.4 Å². The second-order valence-corrected chi connectivity index (χ2v) is 14.1. The van der Waals surface area contributed by atoms with E-state index in [9.17, 15) is 14.3 Å². The van der Waals surface area contributed by atoms with Gasteiger partial charge in [0.05, 0.1) is 21.1 Å². The second kappa shape index (κ2) is 23.1. The molecule has 0 aliphatic rings. The molecule has 244 valence electrons. The van der Waals surface area contributed by atoms with Gasteiger partial charge in [-0.1, -0.05) is 108 Å². The molecule has 1 amide bonds. The molecule has 0 aliphatic carbocycles. The first kappa shape index (κ1) is 38.7. The number of nitrogens with two attached hydrogens (primary N) is 1. The molecular weight excluding hydrogens is 549 g/mol. The van der Waals surface area contributed by atoms with E-state index >= 15 is 0 Å². The number of carbonyl (C=O) groups excluding carboxylic acids is 1. The first-order valence-corrected chi connectivity index (χ1v) is 18.1. The van der Waals surface area contributed by atoms with Crippen molar-refractivity contribution in [1.29, 1.82) is 0 Å². The second-order valence-electron chi connectivity index (χ2n) is 13.0. The van der Waals surface area contributed by atoms with Crippen molar-refractivity contribution in [1.82, 2.24) is 0 Å². The largest absolute Gasteiger partial charge is 0.756 e. The van der Waals surface area contributed by atoms with E-state index in [1.165, 1.54) is 95.5 Å². The average Bonchev–Trinajstić information content (AvgIpc) is 2.90. The van der Waals surface area contributed by atoms with Crippen molar-refractivity contribution >= 4 is 19.4 Å². The van der Waals surface area contributed by atoms with Gasteiger partial charge in [0.15, 0.2) is 0 Å². The molecule has 0 fully saturated rings. The van der Waals surface area contributed by atoms with Crippen LogP contribution in [0.15, 0.2) is 24.3 Å². The Kier molecular flexibility index (Phi) is 21.4. The van der Waals surface area contributed by atoms with Crippen LogP contribution in [0.25, 0.3) is 0 Å². The Hall–Kier alpha value is -1.28. The van der Waals surface area contributed by atoms with Gasteiger partial charge in [-0.15, -0.1) is 0 Å². The molecule has 1 rings (SSSR count). The summed E-state index contributed by atoms with van der Waals surface area (Å²) in [5, 5.41) is 2.93. The van der Waals surface area contributed by atoms with Gasteiger partial charge in [0.25, 0.3) is 7.82 Å². The molecule has 0 aromatic heterocycles. The third-order valence-corrected chi connectivity index (χ3v) is 8.19. The van der Waals surface area contributed by atoms with Crippen LogP contribution in [-0.2, 0) is 20.3 Å². The SMILES string of the molecule is C[N+](C)(C)CC(CCCCCCCCCCCCCCCCCCc1ccc(NC(=O)CCCN)cc1)OP(=O)([O-])O. The van der Waals surface area contributed by atoms with Gasteiger partial charge in [0.1, 0.15) is 12.6 Å². The lowest BCUT2D eigenvalue weighted by Crippen LogP contribution is -2.42. The average molecular weight is 612 g/mol. The van der Waals surface area contributed by atoms with Crippen molar-refractivity contribution in [2.45, 2.75) is 135 Å². The molecule has 0 heterocycles. The van der Waals surface area contributed by atoms with Crippen LogP contribution in [0, 0.1) is 0 Å². The van der Waals surface area contributed by atoms with E-state index in [2.05, 4.69) is 17.4 Å². The number of nitrogens with one attached hydrogen (secondary N) is 1. The summed E-state index contributed by atoms with van der Waals surface area (Å²) in [4.78, 5) is 32.0. The first-order chi connectivity index (χ1) is 20.0. The lowest BCUT2D eigenvalue weighted by molar-refractivity contribution is -0.873. The number of quaternary nitrogens is 1. The van der Waals surface area contributed by atoms with E-state index in [1.54, 1.807) is 0 Å². The fourth-order valence-corrected chi connectivity index (χ4v) is 5.94. The summed E-state index contributed by atoms with van der Waals surface area (Å²) in [6, 6.07) is 8.24. The van der Waals surface area contributed by atoms with Gasteiger partial charge in [0, 0.05) is 12.1 Å². The van der Waals surface area contributed by atoms with Gasteiger partial charge < -0.3 is 29.8 Å². The Balaban J connectivity index is 1.89. The Bertz CT molecular complexity index is 854. The normalized spacial score (nSPS) is 14.0. The molecule has 1 aromatic rings. The molecule has 42 heavy (non-hydrogen) atoms. The minimum absolute atomic E-state index is 0.0318. The monoisotopic (exact) mass is 611 g/mol. The van der Waals surface area contributed by atoms with Crippen LogP contribution in [0.2, 0.25) is 0 Å². The van der Waals surface area contributed by atoms with Crippen molar-refractivity contribution in [2.75, 3.05) is 39.5 Å². The summed E-state index contributed by atoms with van der Waals surface area (Å²) in [5.74, 6) is 0.0318. The number of aryl methyl sites for hydroxylation is 1. The van der Waals surface area contributed by atoms with Gasteiger partial charge in [0.2, 0.25) is 5.91 Å². The van der Waals surface area contributed by atoms with Crippen LogP contribution in [0.3, 0.4) is 0 Å². The number of phosphoric acid groups is 1. The minimum atomic E-state index is -4.69. The Morgan fingerprint density at radius 2 is 1.29 bits per heavy atom. The van der Waals surface area contributed by atoms with Gasteiger partial charge in [-0.3, -0.25) is 9.36 Å². The molecule has 2 atom stereocenters. The third kappa shape index (κ3) is 24.2. The van der Waals surface area contributed by atoms with Crippen molar-refractivity contribution in [3.8, 4) is 0 Å². The zero-order valence-electron chi connectivity index (χ0n) is 27.0. The van der Waals surface area contributed by atoms with E-state index in [1.807, 2.05) is 33.3 Å². The van der Waals surface area contributed by atoms with Crippen LogP contribution < -0.4 is 15.9 Å². The maximum atomic E-state index is 11.8. The molecule has 2 unspecified atom stereocenters.